The SMILES string of the molecule is COc1ccc(CCCNC(=O)COc2ccccc2F)cc1OC. The first-order chi connectivity index (χ1) is 12.1. The monoisotopic (exact) mass is 347 g/mol. The molecule has 0 aliphatic rings. The van der Waals surface area contributed by atoms with Crippen LogP contribution in [0.5, 0.6) is 17.2 Å². The summed E-state index contributed by atoms with van der Waals surface area (Å²) in [4.78, 5) is 11.7. The molecule has 0 aliphatic heterocycles. The van der Waals surface area contributed by atoms with E-state index < -0.39 is 5.82 Å². The lowest BCUT2D eigenvalue weighted by Crippen LogP contribution is -2.30. The van der Waals surface area contributed by atoms with E-state index in [4.69, 9.17) is 14.2 Å². The Balaban J connectivity index is 1.70. The van der Waals surface area contributed by atoms with Crippen molar-refractivity contribution in [1.82, 2.24) is 5.32 Å². The Morgan fingerprint density at radius 1 is 1.04 bits per heavy atom. The molecule has 0 heterocycles. The lowest BCUT2D eigenvalue weighted by molar-refractivity contribution is -0.123. The van der Waals surface area contributed by atoms with Crippen molar-refractivity contribution in [1.29, 1.82) is 0 Å². The number of carbonyl (C=O) groups excluding carboxylic acids is 1. The van der Waals surface area contributed by atoms with Gasteiger partial charge in [0.1, 0.15) is 0 Å². The van der Waals surface area contributed by atoms with Crippen molar-refractivity contribution in [2.24, 2.45) is 0 Å². The average molecular weight is 347 g/mol. The molecular weight excluding hydrogens is 325 g/mol. The summed E-state index contributed by atoms with van der Waals surface area (Å²) in [5.74, 6) is 0.675. The number of halogens is 1. The van der Waals surface area contributed by atoms with Crippen LogP contribution in [0, 0.1) is 5.82 Å². The van der Waals surface area contributed by atoms with Gasteiger partial charge in [0.15, 0.2) is 29.7 Å². The maximum absolute atomic E-state index is 13.4. The van der Waals surface area contributed by atoms with Gasteiger partial charge in [-0.3, -0.25) is 4.79 Å². The topological polar surface area (TPSA) is 56.8 Å². The maximum atomic E-state index is 13.4. The number of aryl methyl sites for hydroxylation is 1. The smallest absolute Gasteiger partial charge is 0.257 e. The molecule has 0 aliphatic carbocycles. The Labute approximate surface area is 146 Å². The zero-order valence-corrected chi connectivity index (χ0v) is 14.4. The summed E-state index contributed by atoms with van der Waals surface area (Å²) in [6.07, 6.45) is 1.55. The Morgan fingerprint density at radius 2 is 1.80 bits per heavy atom. The van der Waals surface area contributed by atoms with Crippen molar-refractivity contribution in [3.8, 4) is 17.2 Å². The van der Waals surface area contributed by atoms with Crippen LogP contribution in [0.1, 0.15) is 12.0 Å². The van der Waals surface area contributed by atoms with Crippen molar-refractivity contribution < 1.29 is 23.4 Å². The molecule has 25 heavy (non-hydrogen) atoms. The molecule has 134 valence electrons. The van der Waals surface area contributed by atoms with Gasteiger partial charge in [-0.15, -0.1) is 0 Å². The fourth-order valence-electron chi connectivity index (χ4n) is 2.31. The van der Waals surface area contributed by atoms with E-state index in [2.05, 4.69) is 5.32 Å². The van der Waals surface area contributed by atoms with Crippen LogP contribution in [0.3, 0.4) is 0 Å². The number of nitrogens with one attached hydrogen (secondary N) is 1. The van der Waals surface area contributed by atoms with Gasteiger partial charge in [0.25, 0.3) is 5.91 Å². The zero-order valence-electron chi connectivity index (χ0n) is 14.4. The molecule has 0 fully saturated rings. The molecular formula is C19H22FNO4. The van der Waals surface area contributed by atoms with E-state index in [1.54, 1.807) is 26.4 Å². The standard InChI is InChI=1S/C19H22FNO4/c1-23-17-10-9-14(12-18(17)24-2)6-5-11-21-19(22)13-25-16-8-4-3-7-15(16)20/h3-4,7-10,12H,5-6,11,13H2,1-2H3,(H,21,22). The lowest BCUT2D eigenvalue weighted by Gasteiger charge is -2.10. The van der Waals surface area contributed by atoms with E-state index in [-0.39, 0.29) is 18.3 Å². The number of hydrogen-bond acceptors (Lipinski definition) is 4. The van der Waals surface area contributed by atoms with Gasteiger partial charge < -0.3 is 19.5 Å². The largest absolute Gasteiger partial charge is 0.493 e. The van der Waals surface area contributed by atoms with E-state index >= 15 is 0 Å². The number of benzene rings is 2. The normalized spacial score (nSPS) is 10.2. The Morgan fingerprint density at radius 3 is 2.52 bits per heavy atom. The first-order valence-corrected chi connectivity index (χ1v) is 7.99. The number of para-hydroxylation sites is 1. The molecule has 0 saturated heterocycles. The third kappa shape index (κ3) is 5.67. The number of amides is 1. The van der Waals surface area contributed by atoms with Crippen LogP contribution in [0.4, 0.5) is 4.39 Å². The van der Waals surface area contributed by atoms with Gasteiger partial charge in [-0.1, -0.05) is 18.2 Å². The molecule has 0 saturated carbocycles. The summed E-state index contributed by atoms with van der Waals surface area (Å²) in [7, 11) is 3.19. The van der Waals surface area contributed by atoms with E-state index in [9.17, 15) is 9.18 Å². The van der Waals surface area contributed by atoms with Crippen molar-refractivity contribution in [3.05, 3.63) is 53.8 Å². The highest BCUT2D eigenvalue weighted by molar-refractivity contribution is 5.77. The summed E-state index contributed by atoms with van der Waals surface area (Å²) in [5, 5.41) is 2.75. The van der Waals surface area contributed by atoms with Gasteiger partial charge in [0.05, 0.1) is 14.2 Å². The molecule has 0 aromatic heterocycles. The van der Waals surface area contributed by atoms with E-state index in [0.717, 1.165) is 18.4 Å². The summed E-state index contributed by atoms with van der Waals surface area (Å²) in [6, 6.07) is 11.7. The molecule has 0 spiro atoms. The summed E-state index contributed by atoms with van der Waals surface area (Å²) >= 11 is 0. The molecule has 0 bridgehead atoms. The van der Waals surface area contributed by atoms with Gasteiger partial charge in [-0.25, -0.2) is 4.39 Å². The van der Waals surface area contributed by atoms with E-state index in [1.807, 2.05) is 18.2 Å². The summed E-state index contributed by atoms with van der Waals surface area (Å²) < 4.78 is 29.0. The predicted molar refractivity (Wildman–Crippen MR) is 92.8 cm³/mol. The Bertz CT molecular complexity index is 706. The third-order valence-corrected chi connectivity index (χ3v) is 3.61. The van der Waals surface area contributed by atoms with Crippen molar-refractivity contribution in [3.63, 3.8) is 0 Å². The molecule has 2 rings (SSSR count). The van der Waals surface area contributed by atoms with Crippen LogP contribution in [-0.4, -0.2) is 33.3 Å². The number of carbonyl (C=O) groups is 1. The molecule has 0 radical (unpaired) electrons. The van der Waals surface area contributed by atoms with Crippen LogP contribution >= 0.6 is 0 Å². The second-order valence-corrected chi connectivity index (χ2v) is 5.36. The number of methoxy groups -OCH3 is 2. The van der Waals surface area contributed by atoms with E-state index in [0.29, 0.717) is 18.0 Å². The maximum Gasteiger partial charge on any atom is 0.257 e. The molecule has 0 unspecified atom stereocenters. The van der Waals surface area contributed by atoms with Crippen LogP contribution in [0.25, 0.3) is 0 Å². The fraction of sp³-hybridized carbons (Fsp3) is 0.316. The first kappa shape index (κ1) is 18.6. The molecule has 2 aromatic rings. The summed E-state index contributed by atoms with van der Waals surface area (Å²) in [6.45, 7) is 0.297. The van der Waals surface area contributed by atoms with Gasteiger partial charge in [0, 0.05) is 6.54 Å². The predicted octanol–water partition coefficient (Wildman–Crippen LogP) is 2.97. The highest BCUT2D eigenvalue weighted by Crippen LogP contribution is 2.27. The minimum absolute atomic E-state index is 0.0722. The minimum Gasteiger partial charge on any atom is -0.493 e. The van der Waals surface area contributed by atoms with Crippen LogP contribution in [0.15, 0.2) is 42.5 Å². The molecule has 1 amide bonds. The summed E-state index contributed by atoms with van der Waals surface area (Å²) in [5.41, 5.74) is 1.09. The molecule has 6 heteroatoms. The number of hydrogen-bond donors (Lipinski definition) is 1. The third-order valence-electron chi connectivity index (χ3n) is 3.61. The van der Waals surface area contributed by atoms with Gasteiger partial charge >= 0.3 is 0 Å². The number of ether oxygens (including phenoxy) is 3. The molecule has 2 aromatic carbocycles. The van der Waals surface area contributed by atoms with Crippen LogP contribution in [-0.2, 0) is 11.2 Å². The highest BCUT2D eigenvalue weighted by atomic mass is 19.1. The molecule has 5 nitrogen and oxygen atoms in total. The van der Waals surface area contributed by atoms with Gasteiger partial charge in [-0.2, -0.15) is 0 Å². The number of rotatable bonds is 9. The van der Waals surface area contributed by atoms with Gasteiger partial charge in [0.2, 0.25) is 0 Å². The van der Waals surface area contributed by atoms with Crippen molar-refractivity contribution >= 4 is 5.91 Å². The average Bonchev–Trinajstić information content (AvgIpc) is 2.64. The van der Waals surface area contributed by atoms with Gasteiger partial charge in [-0.05, 0) is 42.7 Å². The van der Waals surface area contributed by atoms with Crippen molar-refractivity contribution in [2.45, 2.75) is 12.8 Å². The lowest BCUT2D eigenvalue weighted by atomic mass is 10.1. The highest BCUT2D eigenvalue weighted by Gasteiger charge is 2.07. The Kier molecular flexibility index (Phi) is 7.07. The van der Waals surface area contributed by atoms with Crippen LogP contribution in [0.2, 0.25) is 0 Å². The van der Waals surface area contributed by atoms with Crippen LogP contribution < -0.4 is 19.5 Å². The second kappa shape index (κ2) is 9.52. The fourth-order valence-corrected chi connectivity index (χ4v) is 2.31. The first-order valence-electron chi connectivity index (χ1n) is 7.99. The second-order valence-electron chi connectivity index (χ2n) is 5.36. The minimum atomic E-state index is -0.483. The van der Waals surface area contributed by atoms with Crippen molar-refractivity contribution in [2.75, 3.05) is 27.4 Å². The quantitative estimate of drug-likeness (QED) is 0.709. The van der Waals surface area contributed by atoms with E-state index in [1.165, 1.54) is 12.1 Å². The molecule has 1 N–H and O–H groups in total. The molecule has 0 atom stereocenters. The Hall–Kier alpha value is -2.76. The zero-order chi connectivity index (χ0) is 18.1.